The van der Waals surface area contributed by atoms with Gasteiger partial charge in [0.15, 0.2) is 0 Å². The first kappa shape index (κ1) is 14.4. The fraction of sp³-hybridized carbons (Fsp3) is 0.214. The molecule has 2 rings (SSSR count). The average molecular weight is 287 g/mol. The molecule has 0 aliphatic rings. The third-order valence-corrected chi connectivity index (χ3v) is 2.63. The summed E-state index contributed by atoms with van der Waals surface area (Å²) < 4.78 is 15.4. The van der Waals surface area contributed by atoms with Gasteiger partial charge in [-0.15, -0.1) is 0 Å². The molecule has 7 nitrogen and oxygen atoms in total. The molecule has 7 heteroatoms. The number of hydrogen-bond acceptors (Lipinski definition) is 7. The molecule has 0 spiro atoms. The summed E-state index contributed by atoms with van der Waals surface area (Å²) in [6.07, 6.45) is 0.197. The van der Waals surface area contributed by atoms with E-state index in [-0.39, 0.29) is 29.9 Å². The van der Waals surface area contributed by atoms with E-state index in [0.717, 1.165) is 0 Å². The summed E-state index contributed by atoms with van der Waals surface area (Å²) in [7, 11) is 2.71. The Bertz CT molecular complexity index is 657. The highest BCUT2D eigenvalue weighted by Gasteiger charge is 2.17. The van der Waals surface area contributed by atoms with E-state index in [0.29, 0.717) is 11.3 Å². The molecule has 1 aromatic heterocycles. The van der Waals surface area contributed by atoms with Gasteiger partial charge in [0.2, 0.25) is 5.75 Å². The van der Waals surface area contributed by atoms with Crippen molar-refractivity contribution in [1.82, 2.24) is 9.97 Å². The maximum absolute atomic E-state index is 9.74. The number of ether oxygens (including phenoxy) is 3. The van der Waals surface area contributed by atoms with Crippen molar-refractivity contribution in [1.29, 1.82) is 5.26 Å². The fourth-order valence-corrected chi connectivity index (χ4v) is 1.66. The van der Waals surface area contributed by atoms with Gasteiger partial charge in [0, 0.05) is 5.56 Å². The smallest absolute Gasteiger partial charge is 0.328 e. The van der Waals surface area contributed by atoms with Crippen LogP contribution < -0.4 is 14.2 Å². The van der Waals surface area contributed by atoms with Crippen molar-refractivity contribution in [2.45, 2.75) is 6.42 Å². The van der Waals surface area contributed by atoms with Gasteiger partial charge in [-0.2, -0.15) is 15.2 Å². The van der Waals surface area contributed by atoms with Crippen LogP contribution in [0, 0.1) is 11.3 Å². The zero-order chi connectivity index (χ0) is 15.2. The Balaban J connectivity index is 2.38. The van der Waals surface area contributed by atoms with Crippen LogP contribution in [0.25, 0.3) is 0 Å². The standard InChI is InChI=1S/C14H13N3O4/c1-19-12-11(18)13(20-2)17-14(16-12)21-10-6-4-3-5-9(10)7-8-15/h3-6,18H,7H2,1-2H3. The topological polar surface area (TPSA) is 97.5 Å². The molecule has 0 saturated heterocycles. The number of para-hydroxylation sites is 1. The van der Waals surface area contributed by atoms with Crippen molar-refractivity contribution < 1.29 is 19.3 Å². The molecule has 0 radical (unpaired) electrons. The molecule has 0 aliphatic heterocycles. The van der Waals surface area contributed by atoms with E-state index >= 15 is 0 Å². The third-order valence-electron chi connectivity index (χ3n) is 2.63. The van der Waals surface area contributed by atoms with Crippen LogP contribution in [0.1, 0.15) is 5.56 Å². The van der Waals surface area contributed by atoms with Gasteiger partial charge < -0.3 is 19.3 Å². The molecule has 0 aliphatic carbocycles. The van der Waals surface area contributed by atoms with Crippen molar-refractivity contribution in [3.63, 3.8) is 0 Å². The van der Waals surface area contributed by atoms with Crippen molar-refractivity contribution in [2.24, 2.45) is 0 Å². The SMILES string of the molecule is COc1nc(Oc2ccccc2CC#N)nc(OC)c1O. The van der Waals surface area contributed by atoms with Gasteiger partial charge in [-0.25, -0.2) is 0 Å². The molecule has 1 N–H and O–H groups in total. The molecule has 0 saturated carbocycles. The second kappa shape index (κ2) is 6.43. The van der Waals surface area contributed by atoms with Crippen LogP contribution in [-0.2, 0) is 6.42 Å². The second-order valence-electron chi connectivity index (χ2n) is 3.92. The van der Waals surface area contributed by atoms with Gasteiger partial charge in [-0.1, -0.05) is 18.2 Å². The summed E-state index contributed by atoms with van der Waals surface area (Å²) in [5.74, 6) is 0.0238. The molecule has 0 atom stereocenters. The van der Waals surface area contributed by atoms with Crippen molar-refractivity contribution in [3.8, 4) is 35.3 Å². The predicted molar refractivity (Wildman–Crippen MR) is 72.6 cm³/mol. The lowest BCUT2D eigenvalue weighted by Crippen LogP contribution is -2.00. The average Bonchev–Trinajstić information content (AvgIpc) is 2.51. The summed E-state index contributed by atoms with van der Waals surface area (Å²) in [6, 6.07) is 9.05. The van der Waals surface area contributed by atoms with Crippen LogP contribution in [0.2, 0.25) is 0 Å². The van der Waals surface area contributed by atoms with Gasteiger partial charge in [0.25, 0.3) is 11.8 Å². The minimum atomic E-state index is -0.308. The maximum atomic E-state index is 9.74. The van der Waals surface area contributed by atoms with E-state index in [1.165, 1.54) is 14.2 Å². The number of methoxy groups -OCH3 is 2. The fourth-order valence-electron chi connectivity index (χ4n) is 1.66. The number of nitriles is 1. The van der Waals surface area contributed by atoms with Crippen LogP contribution >= 0.6 is 0 Å². The van der Waals surface area contributed by atoms with Gasteiger partial charge in [-0.05, 0) is 6.07 Å². The van der Waals surface area contributed by atoms with E-state index in [2.05, 4.69) is 16.0 Å². The maximum Gasteiger partial charge on any atom is 0.328 e. The Morgan fingerprint density at radius 3 is 2.33 bits per heavy atom. The Labute approximate surface area is 121 Å². The summed E-state index contributed by atoms with van der Waals surface area (Å²) in [5, 5.41) is 18.5. The number of aromatic hydroxyl groups is 1. The molecule has 0 fully saturated rings. The number of nitrogens with zero attached hydrogens (tertiary/aromatic N) is 3. The van der Waals surface area contributed by atoms with E-state index in [9.17, 15) is 5.11 Å². The molecule has 0 bridgehead atoms. The molecule has 2 aromatic rings. The summed E-state index contributed by atoms with van der Waals surface area (Å²) in [6.45, 7) is 0. The van der Waals surface area contributed by atoms with Gasteiger partial charge in [0.05, 0.1) is 26.7 Å². The highest BCUT2D eigenvalue weighted by molar-refractivity contribution is 5.43. The van der Waals surface area contributed by atoms with Crippen LogP contribution in [0.3, 0.4) is 0 Å². The normalized spacial score (nSPS) is 9.76. The summed E-state index contributed by atoms with van der Waals surface area (Å²) in [4.78, 5) is 7.85. The summed E-state index contributed by atoms with van der Waals surface area (Å²) in [5.41, 5.74) is 0.703. The Morgan fingerprint density at radius 2 is 1.76 bits per heavy atom. The van der Waals surface area contributed by atoms with Gasteiger partial charge >= 0.3 is 6.01 Å². The van der Waals surface area contributed by atoms with E-state index < -0.39 is 0 Å². The minimum Gasteiger partial charge on any atom is -0.499 e. The van der Waals surface area contributed by atoms with Crippen LogP contribution in [0.4, 0.5) is 0 Å². The number of benzene rings is 1. The second-order valence-corrected chi connectivity index (χ2v) is 3.92. The minimum absolute atomic E-state index is 0.0492. The lowest BCUT2D eigenvalue weighted by atomic mass is 10.1. The Kier molecular flexibility index (Phi) is 4.41. The predicted octanol–water partition coefficient (Wildman–Crippen LogP) is 2.06. The molecule has 1 heterocycles. The highest BCUT2D eigenvalue weighted by atomic mass is 16.5. The zero-order valence-corrected chi connectivity index (χ0v) is 11.5. The summed E-state index contributed by atoms with van der Waals surface area (Å²) >= 11 is 0. The quantitative estimate of drug-likeness (QED) is 0.898. The molecule has 0 unspecified atom stereocenters. The third kappa shape index (κ3) is 3.12. The molecule has 21 heavy (non-hydrogen) atoms. The van der Waals surface area contributed by atoms with Gasteiger partial charge in [-0.3, -0.25) is 0 Å². The van der Waals surface area contributed by atoms with E-state index in [1.807, 2.05) is 0 Å². The molecular weight excluding hydrogens is 274 g/mol. The van der Waals surface area contributed by atoms with E-state index in [1.54, 1.807) is 24.3 Å². The molecular formula is C14H13N3O4. The van der Waals surface area contributed by atoms with Crippen molar-refractivity contribution >= 4 is 0 Å². The largest absolute Gasteiger partial charge is 0.499 e. The number of hydrogen-bond donors (Lipinski definition) is 1. The Hall–Kier alpha value is -3.01. The first-order chi connectivity index (χ1) is 10.2. The van der Waals surface area contributed by atoms with Crippen LogP contribution in [-0.4, -0.2) is 29.3 Å². The monoisotopic (exact) mass is 287 g/mol. The highest BCUT2D eigenvalue weighted by Crippen LogP contribution is 2.35. The van der Waals surface area contributed by atoms with Crippen LogP contribution in [0.5, 0.6) is 29.3 Å². The first-order valence-electron chi connectivity index (χ1n) is 6.01. The number of aromatic nitrogens is 2. The lowest BCUT2D eigenvalue weighted by molar-refractivity contribution is 0.305. The lowest BCUT2D eigenvalue weighted by Gasteiger charge is -2.11. The molecule has 1 aromatic carbocycles. The molecule has 108 valence electrons. The zero-order valence-electron chi connectivity index (χ0n) is 11.5. The van der Waals surface area contributed by atoms with Crippen molar-refractivity contribution in [2.75, 3.05) is 14.2 Å². The molecule has 0 amide bonds. The van der Waals surface area contributed by atoms with E-state index in [4.69, 9.17) is 19.5 Å². The first-order valence-corrected chi connectivity index (χ1v) is 6.01. The van der Waals surface area contributed by atoms with Gasteiger partial charge in [0.1, 0.15) is 5.75 Å². The van der Waals surface area contributed by atoms with Crippen molar-refractivity contribution in [3.05, 3.63) is 29.8 Å². The van der Waals surface area contributed by atoms with Crippen LogP contribution in [0.15, 0.2) is 24.3 Å². The Morgan fingerprint density at radius 1 is 1.14 bits per heavy atom. The number of rotatable bonds is 5.